The number of hydrogen-bond acceptors (Lipinski definition) is 3. The van der Waals surface area contributed by atoms with Gasteiger partial charge in [-0.1, -0.05) is 18.2 Å². The molecule has 1 fully saturated rings. The molecule has 3 rings (SSSR count). The van der Waals surface area contributed by atoms with Crippen molar-refractivity contribution in [1.82, 2.24) is 10.2 Å². The third kappa shape index (κ3) is 5.73. The second-order valence-corrected chi connectivity index (χ2v) is 6.95. The highest BCUT2D eigenvalue weighted by atomic mass is 32.1. The van der Waals surface area contributed by atoms with E-state index < -0.39 is 0 Å². The number of anilines is 1. The number of likely N-dealkylation sites (tertiary alicyclic amines) is 1. The zero-order valence-electron chi connectivity index (χ0n) is 14.6. The zero-order chi connectivity index (χ0) is 17.5. The summed E-state index contributed by atoms with van der Waals surface area (Å²) < 4.78 is 5.79. The molecule has 4 nitrogen and oxygen atoms in total. The van der Waals surface area contributed by atoms with Gasteiger partial charge in [-0.3, -0.25) is 0 Å². The van der Waals surface area contributed by atoms with Gasteiger partial charge in [-0.05, 0) is 81.0 Å². The van der Waals surface area contributed by atoms with Gasteiger partial charge in [-0.25, -0.2) is 0 Å². The van der Waals surface area contributed by atoms with Crippen LogP contribution in [-0.2, 0) is 0 Å². The van der Waals surface area contributed by atoms with Crippen LogP contribution in [-0.4, -0.2) is 36.7 Å². The third-order valence-corrected chi connectivity index (χ3v) is 4.61. The highest BCUT2D eigenvalue weighted by Gasteiger charge is 2.16. The Morgan fingerprint density at radius 3 is 2.56 bits per heavy atom. The number of rotatable bonds is 5. The lowest BCUT2D eigenvalue weighted by Crippen LogP contribution is -2.40. The maximum absolute atomic E-state index is 5.79. The fraction of sp³-hybridized carbons (Fsp3) is 0.350. The number of hydrogen-bond donors (Lipinski definition) is 2. The highest BCUT2D eigenvalue weighted by Crippen LogP contribution is 2.22. The fourth-order valence-corrected chi connectivity index (χ4v) is 3.28. The number of para-hydroxylation sites is 1. The molecule has 0 aliphatic carbocycles. The van der Waals surface area contributed by atoms with Crippen LogP contribution in [0.25, 0.3) is 0 Å². The van der Waals surface area contributed by atoms with Crippen LogP contribution in [0.5, 0.6) is 11.5 Å². The fourth-order valence-electron chi connectivity index (χ4n) is 3.08. The van der Waals surface area contributed by atoms with Crippen molar-refractivity contribution in [2.75, 3.05) is 32.0 Å². The molecule has 25 heavy (non-hydrogen) atoms. The van der Waals surface area contributed by atoms with Crippen LogP contribution in [0.1, 0.15) is 12.8 Å². The SMILES string of the molecule is CN1CCC[C@H](CNC(=S)Nc2ccc(Oc3ccccc3)cc2)C1. The van der Waals surface area contributed by atoms with Crippen molar-refractivity contribution >= 4 is 23.0 Å². The summed E-state index contributed by atoms with van der Waals surface area (Å²) in [6.07, 6.45) is 2.54. The molecule has 1 aliphatic rings. The first-order chi connectivity index (χ1) is 12.2. The Bertz CT molecular complexity index is 675. The molecule has 0 unspecified atom stereocenters. The molecule has 1 saturated heterocycles. The molecule has 0 bridgehead atoms. The van der Waals surface area contributed by atoms with E-state index in [4.69, 9.17) is 17.0 Å². The Hall–Kier alpha value is -2.11. The monoisotopic (exact) mass is 355 g/mol. The summed E-state index contributed by atoms with van der Waals surface area (Å²) in [6.45, 7) is 3.27. The van der Waals surface area contributed by atoms with Gasteiger partial charge in [0, 0.05) is 18.8 Å². The van der Waals surface area contributed by atoms with Crippen molar-refractivity contribution in [3.8, 4) is 11.5 Å². The summed E-state index contributed by atoms with van der Waals surface area (Å²) in [5, 5.41) is 7.24. The molecule has 2 aromatic rings. The van der Waals surface area contributed by atoms with E-state index >= 15 is 0 Å². The van der Waals surface area contributed by atoms with Crippen molar-refractivity contribution in [1.29, 1.82) is 0 Å². The van der Waals surface area contributed by atoms with Crippen molar-refractivity contribution in [2.45, 2.75) is 12.8 Å². The normalized spacial score (nSPS) is 17.7. The molecule has 1 atom stereocenters. The molecule has 0 saturated carbocycles. The smallest absolute Gasteiger partial charge is 0.170 e. The minimum Gasteiger partial charge on any atom is -0.457 e. The predicted molar refractivity (Wildman–Crippen MR) is 107 cm³/mol. The number of benzene rings is 2. The average molecular weight is 356 g/mol. The first-order valence-electron chi connectivity index (χ1n) is 8.75. The van der Waals surface area contributed by atoms with E-state index in [1.807, 2.05) is 54.6 Å². The summed E-state index contributed by atoms with van der Waals surface area (Å²) >= 11 is 5.40. The maximum atomic E-state index is 5.79. The molecule has 0 radical (unpaired) electrons. The van der Waals surface area contributed by atoms with E-state index in [0.717, 1.165) is 30.3 Å². The van der Waals surface area contributed by atoms with Crippen molar-refractivity contribution in [2.24, 2.45) is 5.92 Å². The Labute approximate surface area is 155 Å². The Balaban J connectivity index is 1.45. The molecule has 2 aromatic carbocycles. The Morgan fingerprint density at radius 1 is 1.12 bits per heavy atom. The van der Waals surface area contributed by atoms with Crippen molar-refractivity contribution < 1.29 is 4.74 Å². The number of nitrogens with one attached hydrogen (secondary N) is 2. The molecule has 0 spiro atoms. The highest BCUT2D eigenvalue weighted by molar-refractivity contribution is 7.80. The van der Waals surface area contributed by atoms with Gasteiger partial charge in [0.15, 0.2) is 5.11 Å². The first kappa shape index (κ1) is 17.7. The van der Waals surface area contributed by atoms with E-state index in [2.05, 4.69) is 22.6 Å². The van der Waals surface area contributed by atoms with Gasteiger partial charge in [0.2, 0.25) is 0 Å². The second-order valence-electron chi connectivity index (χ2n) is 6.55. The van der Waals surface area contributed by atoms with Crippen LogP contribution in [0.2, 0.25) is 0 Å². The van der Waals surface area contributed by atoms with Crippen molar-refractivity contribution in [3.63, 3.8) is 0 Å². The van der Waals surface area contributed by atoms with Gasteiger partial charge in [-0.2, -0.15) is 0 Å². The molecule has 2 N–H and O–H groups in total. The minimum absolute atomic E-state index is 0.667. The lowest BCUT2D eigenvalue weighted by molar-refractivity contribution is 0.211. The minimum atomic E-state index is 0.667. The van der Waals surface area contributed by atoms with Gasteiger partial charge in [-0.15, -0.1) is 0 Å². The van der Waals surface area contributed by atoms with Crippen LogP contribution >= 0.6 is 12.2 Å². The van der Waals surface area contributed by atoms with Crippen LogP contribution in [0.4, 0.5) is 5.69 Å². The largest absolute Gasteiger partial charge is 0.457 e. The average Bonchev–Trinajstić information content (AvgIpc) is 2.63. The van der Waals surface area contributed by atoms with Crippen LogP contribution in [0, 0.1) is 5.92 Å². The zero-order valence-corrected chi connectivity index (χ0v) is 15.4. The van der Waals surface area contributed by atoms with Gasteiger partial charge < -0.3 is 20.3 Å². The lowest BCUT2D eigenvalue weighted by atomic mass is 9.99. The van der Waals surface area contributed by atoms with E-state index in [-0.39, 0.29) is 0 Å². The lowest BCUT2D eigenvalue weighted by Gasteiger charge is -2.30. The second kappa shape index (κ2) is 8.83. The molecular formula is C20H25N3OS. The summed E-state index contributed by atoms with van der Waals surface area (Å²) in [6, 6.07) is 17.6. The molecule has 5 heteroatoms. The molecule has 0 aromatic heterocycles. The van der Waals surface area contributed by atoms with Crippen LogP contribution < -0.4 is 15.4 Å². The molecular weight excluding hydrogens is 330 g/mol. The molecule has 0 amide bonds. The Kier molecular flexibility index (Phi) is 6.25. The van der Waals surface area contributed by atoms with Crippen molar-refractivity contribution in [3.05, 3.63) is 54.6 Å². The summed E-state index contributed by atoms with van der Waals surface area (Å²) in [7, 11) is 2.18. The van der Waals surface area contributed by atoms with Gasteiger partial charge >= 0.3 is 0 Å². The van der Waals surface area contributed by atoms with Gasteiger partial charge in [0.1, 0.15) is 11.5 Å². The predicted octanol–water partition coefficient (Wildman–Crippen LogP) is 4.11. The molecule has 1 aliphatic heterocycles. The summed E-state index contributed by atoms with van der Waals surface area (Å²) in [4.78, 5) is 2.39. The number of piperidine rings is 1. The molecule has 1 heterocycles. The van der Waals surface area contributed by atoms with Gasteiger partial charge in [0.05, 0.1) is 0 Å². The van der Waals surface area contributed by atoms with E-state index in [1.54, 1.807) is 0 Å². The Morgan fingerprint density at radius 2 is 1.84 bits per heavy atom. The summed E-state index contributed by atoms with van der Waals surface area (Å²) in [5.74, 6) is 2.30. The number of thiocarbonyl (C=S) groups is 1. The van der Waals surface area contributed by atoms with Crippen LogP contribution in [0.3, 0.4) is 0 Å². The van der Waals surface area contributed by atoms with E-state index in [9.17, 15) is 0 Å². The van der Waals surface area contributed by atoms with Crippen LogP contribution in [0.15, 0.2) is 54.6 Å². The number of ether oxygens (including phenoxy) is 1. The first-order valence-corrected chi connectivity index (χ1v) is 9.16. The maximum Gasteiger partial charge on any atom is 0.170 e. The van der Waals surface area contributed by atoms with Gasteiger partial charge in [0.25, 0.3) is 0 Å². The quantitative estimate of drug-likeness (QED) is 0.790. The topological polar surface area (TPSA) is 36.5 Å². The van der Waals surface area contributed by atoms with E-state index in [0.29, 0.717) is 11.0 Å². The number of nitrogens with zero attached hydrogens (tertiary/aromatic N) is 1. The van der Waals surface area contributed by atoms with E-state index in [1.165, 1.54) is 19.4 Å². The molecule has 132 valence electrons. The summed E-state index contributed by atoms with van der Waals surface area (Å²) in [5.41, 5.74) is 0.957. The standard InChI is InChI=1S/C20H25N3OS/c1-23-13-5-6-16(15-23)14-21-20(25)22-17-9-11-19(12-10-17)24-18-7-3-2-4-8-18/h2-4,7-12,16H,5-6,13-15H2,1H3,(H2,21,22,25)/t16-/m1/s1. The third-order valence-electron chi connectivity index (χ3n) is 4.36.